The third kappa shape index (κ3) is 9.66. The highest BCUT2D eigenvalue weighted by Gasteiger charge is 2.36. The molecule has 1 unspecified atom stereocenters. The summed E-state index contributed by atoms with van der Waals surface area (Å²) in [6.45, 7) is 12.8. The van der Waals surface area contributed by atoms with Gasteiger partial charge in [0.15, 0.2) is 8.32 Å². The molecule has 2 aromatic rings. The van der Waals surface area contributed by atoms with Crippen LogP contribution in [0.3, 0.4) is 0 Å². The molecule has 0 saturated heterocycles. The summed E-state index contributed by atoms with van der Waals surface area (Å²) in [7, 11) is -6.29. The number of carbonyl (C=O) groups excluding carboxylic acids is 1. The van der Waals surface area contributed by atoms with Crippen LogP contribution in [-0.4, -0.2) is 64.3 Å². The standard InChI is InChI=1S/C29H45FN2O6SSi/c1-8-40(9-2,10-3)38-27(22-31(18-19-33)21-23-14-12-11-13-15-23)24-16-17-25(30)26(20-24)32(29(4,5)6)28(34)37-39(7,35)36/h11-17,20,27,33H,8-10,18-19,21-22H2,1-7H3. The van der Waals surface area contributed by atoms with Gasteiger partial charge in [-0.25, -0.2) is 9.18 Å². The average molecular weight is 597 g/mol. The van der Waals surface area contributed by atoms with Crippen molar-refractivity contribution in [3.05, 3.63) is 65.5 Å². The Balaban J connectivity index is 2.61. The molecule has 0 aliphatic carbocycles. The van der Waals surface area contributed by atoms with Gasteiger partial charge in [0, 0.05) is 25.2 Å². The fraction of sp³-hybridized carbons (Fsp3) is 0.552. The van der Waals surface area contributed by atoms with Crippen molar-refractivity contribution in [3.8, 4) is 0 Å². The molecule has 224 valence electrons. The van der Waals surface area contributed by atoms with Gasteiger partial charge in [-0.3, -0.25) is 9.80 Å². The highest BCUT2D eigenvalue weighted by molar-refractivity contribution is 7.86. The van der Waals surface area contributed by atoms with E-state index < -0.39 is 42.0 Å². The third-order valence-electron chi connectivity index (χ3n) is 7.07. The van der Waals surface area contributed by atoms with Gasteiger partial charge in [0.1, 0.15) is 5.82 Å². The third-order valence-corrected chi connectivity index (χ3v) is 12.2. The second kappa shape index (κ2) is 14.5. The van der Waals surface area contributed by atoms with Gasteiger partial charge >= 0.3 is 16.2 Å². The molecular formula is C29H45FN2O6SSi. The molecule has 1 amide bonds. The van der Waals surface area contributed by atoms with Crippen molar-refractivity contribution in [2.45, 2.75) is 77.9 Å². The Kier molecular flexibility index (Phi) is 12.3. The van der Waals surface area contributed by atoms with Crippen LogP contribution in [0.25, 0.3) is 0 Å². The van der Waals surface area contributed by atoms with Crippen LogP contribution in [0.15, 0.2) is 48.5 Å². The summed E-state index contributed by atoms with van der Waals surface area (Å²) < 4.78 is 50.5. The average Bonchev–Trinajstić information content (AvgIpc) is 2.87. The fourth-order valence-corrected chi connectivity index (χ4v) is 7.91. The number of hydrogen-bond donors (Lipinski definition) is 1. The van der Waals surface area contributed by atoms with Crippen LogP contribution in [0.4, 0.5) is 14.9 Å². The zero-order chi connectivity index (χ0) is 30.1. The maximum absolute atomic E-state index is 15.3. The Morgan fingerprint density at radius 3 is 2.15 bits per heavy atom. The zero-order valence-corrected chi connectivity index (χ0v) is 26.6. The normalized spacial score (nSPS) is 13.3. The first-order chi connectivity index (χ1) is 18.7. The predicted molar refractivity (Wildman–Crippen MR) is 160 cm³/mol. The topological polar surface area (TPSA) is 96.4 Å². The van der Waals surface area contributed by atoms with Crippen LogP contribution in [0.5, 0.6) is 0 Å². The quantitative estimate of drug-likeness (QED) is 0.208. The number of anilines is 1. The largest absolute Gasteiger partial charge is 0.430 e. The molecule has 2 aromatic carbocycles. The molecule has 0 fully saturated rings. The molecule has 0 heterocycles. The summed E-state index contributed by atoms with van der Waals surface area (Å²) in [5.41, 5.74) is 0.645. The molecule has 0 saturated carbocycles. The monoisotopic (exact) mass is 596 g/mol. The SMILES string of the molecule is CC[Si](CC)(CC)OC(CN(CCO)Cc1ccccc1)c1ccc(F)c(N(C(=O)OS(C)(=O)=O)C(C)(C)C)c1. The van der Waals surface area contributed by atoms with Gasteiger partial charge in [-0.2, -0.15) is 8.42 Å². The molecular weight excluding hydrogens is 551 g/mol. The predicted octanol–water partition coefficient (Wildman–Crippen LogP) is 6.08. The maximum Gasteiger partial charge on any atom is 0.430 e. The highest BCUT2D eigenvalue weighted by atomic mass is 32.2. The molecule has 0 radical (unpaired) electrons. The van der Waals surface area contributed by atoms with Gasteiger partial charge in [-0.15, -0.1) is 0 Å². The number of nitrogens with zero attached hydrogens (tertiary/aromatic N) is 2. The van der Waals surface area contributed by atoms with Gasteiger partial charge in [0.25, 0.3) is 0 Å². The van der Waals surface area contributed by atoms with E-state index >= 15 is 4.39 Å². The minimum atomic E-state index is -4.13. The first kappa shape index (κ1) is 33.9. The van der Waals surface area contributed by atoms with Crippen molar-refractivity contribution in [2.75, 3.05) is 30.9 Å². The van der Waals surface area contributed by atoms with E-state index in [1.54, 1.807) is 32.9 Å². The number of hydrogen-bond acceptors (Lipinski definition) is 7. The van der Waals surface area contributed by atoms with Crippen molar-refractivity contribution < 1.29 is 31.3 Å². The summed E-state index contributed by atoms with van der Waals surface area (Å²) in [4.78, 5) is 16.1. The Morgan fingerprint density at radius 1 is 1.05 bits per heavy atom. The van der Waals surface area contributed by atoms with Crippen LogP contribution < -0.4 is 4.90 Å². The second-order valence-corrected chi connectivity index (χ2v) is 17.4. The van der Waals surface area contributed by atoms with Crippen molar-refractivity contribution >= 4 is 30.2 Å². The Labute approximate surface area is 240 Å². The van der Waals surface area contributed by atoms with Crippen molar-refractivity contribution in [2.24, 2.45) is 0 Å². The lowest BCUT2D eigenvalue weighted by Gasteiger charge is -2.37. The van der Waals surface area contributed by atoms with E-state index in [-0.39, 0.29) is 12.3 Å². The molecule has 0 bridgehead atoms. The highest BCUT2D eigenvalue weighted by Crippen LogP contribution is 2.35. The minimum Gasteiger partial charge on any atom is -0.409 e. The molecule has 1 atom stereocenters. The molecule has 0 spiro atoms. The lowest BCUT2D eigenvalue weighted by Crippen LogP contribution is -2.47. The van der Waals surface area contributed by atoms with E-state index in [0.717, 1.165) is 34.9 Å². The van der Waals surface area contributed by atoms with Crippen molar-refractivity contribution in [1.82, 2.24) is 4.90 Å². The Bertz CT molecular complexity index is 1190. The molecule has 0 aliphatic rings. The lowest BCUT2D eigenvalue weighted by atomic mass is 10.0. The second-order valence-electron chi connectivity index (χ2n) is 11.1. The Morgan fingerprint density at radius 2 is 1.65 bits per heavy atom. The number of carbonyl (C=O) groups is 1. The van der Waals surface area contributed by atoms with Crippen LogP contribution in [-0.2, 0) is 25.3 Å². The lowest BCUT2D eigenvalue weighted by molar-refractivity contribution is 0.104. The summed E-state index contributed by atoms with van der Waals surface area (Å²) in [6.07, 6.45) is -0.891. The summed E-state index contributed by atoms with van der Waals surface area (Å²) in [6, 6.07) is 17.1. The van der Waals surface area contributed by atoms with Crippen molar-refractivity contribution in [1.29, 1.82) is 0 Å². The number of amides is 1. The Hall–Kier alpha value is -2.31. The van der Waals surface area contributed by atoms with E-state index in [0.29, 0.717) is 25.2 Å². The minimum absolute atomic E-state index is 0.0404. The summed E-state index contributed by atoms with van der Waals surface area (Å²) in [5.74, 6) is -0.690. The fourth-order valence-electron chi connectivity index (χ4n) is 4.77. The smallest absolute Gasteiger partial charge is 0.409 e. The number of rotatable bonds is 14. The van der Waals surface area contributed by atoms with Crippen molar-refractivity contribution in [3.63, 3.8) is 0 Å². The van der Waals surface area contributed by atoms with Crippen LogP contribution >= 0.6 is 0 Å². The number of aliphatic hydroxyl groups excluding tert-OH is 1. The molecule has 0 aromatic heterocycles. The number of halogens is 1. The molecule has 2 rings (SSSR count). The van der Waals surface area contributed by atoms with E-state index in [1.807, 2.05) is 30.3 Å². The van der Waals surface area contributed by atoms with E-state index in [9.17, 15) is 18.3 Å². The van der Waals surface area contributed by atoms with Crippen LogP contribution in [0, 0.1) is 5.82 Å². The van der Waals surface area contributed by atoms with Gasteiger partial charge in [-0.1, -0.05) is 57.2 Å². The van der Waals surface area contributed by atoms with Crippen LogP contribution in [0.1, 0.15) is 58.8 Å². The first-order valence-corrected chi connectivity index (χ1v) is 18.1. The molecule has 1 N–H and O–H groups in total. The first-order valence-electron chi connectivity index (χ1n) is 13.8. The van der Waals surface area contributed by atoms with Gasteiger partial charge in [0.05, 0.1) is 24.7 Å². The molecule has 40 heavy (non-hydrogen) atoms. The van der Waals surface area contributed by atoms with E-state index in [1.165, 1.54) is 6.07 Å². The summed E-state index contributed by atoms with van der Waals surface area (Å²) in [5, 5.41) is 9.84. The number of aliphatic hydroxyl groups is 1. The van der Waals surface area contributed by atoms with E-state index in [4.69, 9.17) is 4.43 Å². The molecule has 0 aliphatic heterocycles. The maximum atomic E-state index is 15.3. The van der Waals surface area contributed by atoms with E-state index in [2.05, 4.69) is 29.9 Å². The zero-order valence-electron chi connectivity index (χ0n) is 24.8. The van der Waals surface area contributed by atoms with Gasteiger partial charge < -0.3 is 13.7 Å². The summed E-state index contributed by atoms with van der Waals surface area (Å²) >= 11 is 0. The number of benzene rings is 2. The van der Waals surface area contributed by atoms with Crippen LogP contribution in [0.2, 0.25) is 18.1 Å². The van der Waals surface area contributed by atoms with Gasteiger partial charge in [-0.05, 0) is 62.2 Å². The molecule has 11 heteroatoms. The van der Waals surface area contributed by atoms with Gasteiger partial charge in [0.2, 0.25) is 0 Å². The molecule has 8 nitrogen and oxygen atoms in total.